The summed E-state index contributed by atoms with van der Waals surface area (Å²) >= 11 is 5.71. The van der Waals surface area contributed by atoms with Gasteiger partial charge >= 0.3 is 0 Å². The van der Waals surface area contributed by atoms with Gasteiger partial charge in [-0.3, -0.25) is 0 Å². The zero-order chi connectivity index (χ0) is 9.42. The summed E-state index contributed by atoms with van der Waals surface area (Å²) in [4.78, 5) is 1.22. The summed E-state index contributed by atoms with van der Waals surface area (Å²) in [7, 11) is 0. The molecule has 2 N–H and O–H groups in total. The Morgan fingerprint density at radius 1 is 1.46 bits per heavy atom. The molecule has 0 bridgehead atoms. The molecule has 2 rings (SSSR count). The Morgan fingerprint density at radius 2 is 2.23 bits per heavy atom. The smallest absolute Gasteiger partial charge is 0.101 e. The number of anilines is 1. The van der Waals surface area contributed by atoms with Crippen LogP contribution in [0.2, 0.25) is 0 Å². The van der Waals surface area contributed by atoms with Crippen LogP contribution in [0.1, 0.15) is 0 Å². The average Bonchev–Trinajstić information content (AvgIpc) is 2.39. The fraction of sp³-hybridized carbons (Fsp3) is 0.111. The van der Waals surface area contributed by atoms with Gasteiger partial charge < -0.3 is 5.73 Å². The maximum absolute atomic E-state index is 5.91. The van der Waals surface area contributed by atoms with Crippen molar-refractivity contribution in [3.8, 4) is 0 Å². The summed E-state index contributed by atoms with van der Waals surface area (Å²) in [6.07, 6.45) is 2.07. The standard InChI is InChI=1S/C9H8INS2/c1-12-8-6-3-2-5(10)4-7(6)13-9(8)11/h2-4H,11H2,1H3. The lowest BCUT2D eigenvalue weighted by Crippen LogP contribution is -1.79. The van der Waals surface area contributed by atoms with Crippen molar-refractivity contribution in [3.63, 3.8) is 0 Å². The number of thiophene rings is 1. The number of halogens is 1. The molecule has 0 saturated carbocycles. The highest BCUT2D eigenvalue weighted by Crippen LogP contribution is 2.39. The van der Waals surface area contributed by atoms with E-state index < -0.39 is 0 Å². The number of hydrogen-bond acceptors (Lipinski definition) is 3. The molecule has 0 fully saturated rings. The number of rotatable bonds is 1. The van der Waals surface area contributed by atoms with Crippen molar-refractivity contribution >= 4 is 60.8 Å². The van der Waals surface area contributed by atoms with Crippen molar-refractivity contribution in [1.82, 2.24) is 0 Å². The van der Waals surface area contributed by atoms with Crippen molar-refractivity contribution in [2.75, 3.05) is 12.0 Å². The third-order valence-corrected chi connectivity index (χ3v) is 4.47. The second-order valence-electron chi connectivity index (χ2n) is 2.64. The number of fused-ring (bicyclic) bond motifs is 1. The van der Waals surface area contributed by atoms with Gasteiger partial charge in [-0.05, 0) is 41.0 Å². The van der Waals surface area contributed by atoms with Crippen molar-refractivity contribution in [2.45, 2.75) is 4.90 Å². The first-order chi connectivity index (χ1) is 6.22. The maximum Gasteiger partial charge on any atom is 0.101 e. The van der Waals surface area contributed by atoms with Gasteiger partial charge in [-0.25, -0.2) is 0 Å². The molecule has 1 heterocycles. The first-order valence-electron chi connectivity index (χ1n) is 3.74. The average molecular weight is 321 g/mol. The molecule has 2 aromatic rings. The van der Waals surface area contributed by atoms with Crippen LogP contribution in [0, 0.1) is 3.57 Å². The second kappa shape index (κ2) is 3.67. The van der Waals surface area contributed by atoms with Gasteiger partial charge in [0.25, 0.3) is 0 Å². The minimum atomic E-state index is 0.935. The molecule has 68 valence electrons. The van der Waals surface area contributed by atoms with E-state index in [0.717, 1.165) is 5.00 Å². The van der Waals surface area contributed by atoms with E-state index in [1.165, 1.54) is 18.6 Å². The Morgan fingerprint density at radius 3 is 2.92 bits per heavy atom. The lowest BCUT2D eigenvalue weighted by molar-refractivity contribution is 1.63. The molecular weight excluding hydrogens is 313 g/mol. The van der Waals surface area contributed by atoms with E-state index in [9.17, 15) is 0 Å². The summed E-state index contributed by atoms with van der Waals surface area (Å²) in [5.41, 5.74) is 5.91. The molecule has 13 heavy (non-hydrogen) atoms. The third kappa shape index (κ3) is 1.67. The van der Waals surface area contributed by atoms with Gasteiger partial charge in [0.05, 0.1) is 0 Å². The third-order valence-electron chi connectivity index (χ3n) is 1.84. The van der Waals surface area contributed by atoms with Crippen LogP contribution in [0.5, 0.6) is 0 Å². The van der Waals surface area contributed by atoms with Gasteiger partial charge in [-0.1, -0.05) is 6.07 Å². The topological polar surface area (TPSA) is 26.0 Å². The molecule has 0 atom stereocenters. The monoisotopic (exact) mass is 321 g/mol. The van der Waals surface area contributed by atoms with Crippen molar-refractivity contribution in [3.05, 3.63) is 21.8 Å². The van der Waals surface area contributed by atoms with E-state index in [-0.39, 0.29) is 0 Å². The highest BCUT2D eigenvalue weighted by molar-refractivity contribution is 14.1. The molecule has 1 aromatic heterocycles. The Bertz CT molecular complexity index is 450. The van der Waals surface area contributed by atoms with Crippen LogP contribution in [-0.2, 0) is 0 Å². The van der Waals surface area contributed by atoms with E-state index in [1.54, 1.807) is 23.1 Å². The molecule has 0 aliphatic carbocycles. The maximum atomic E-state index is 5.91. The molecule has 0 saturated heterocycles. The van der Waals surface area contributed by atoms with Gasteiger partial charge in [0.1, 0.15) is 5.00 Å². The molecule has 4 heteroatoms. The SMILES string of the molecule is CSc1c(N)sc2cc(I)ccc12. The number of nitrogens with two attached hydrogens (primary N) is 1. The van der Waals surface area contributed by atoms with Gasteiger partial charge in [0, 0.05) is 18.6 Å². The van der Waals surface area contributed by atoms with Crippen molar-refractivity contribution in [2.24, 2.45) is 0 Å². The van der Waals surface area contributed by atoms with Crippen molar-refractivity contribution < 1.29 is 0 Å². The van der Waals surface area contributed by atoms with E-state index in [1.807, 2.05) is 0 Å². The molecule has 1 aromatic carbocycles. The minimum Gasteiger partial charge on any atom is -0.390 e. The van der Waals surface area contributed by atoms with Crippen LogP contribution in [0.15, 0.2) is 23.1 Å². The summed E-state index contributed by atoms with van der Waals surface area (Å²) in [5.74, 6) is 0. The van der Waals surface area contributed by atoms with Crippen LogP contribution >= 0.6 is 45.7 Å². The zero-order valence-corrected chi connectivity index (χ0v) is 10.8. The van der Waals surface area contributed by atoms with Crippen LogP contribution in [0.25, 0.3) is 10.1 Å². The first kappa shape index (κ1) is 9.61. The Kier molecular flexibility index (Phi) is 2.71. The zero-order valence-electron chi connectivity index (χ0n) is 7.00. The van der Waals surface area contributed by atoms with Gasteiger partial charge in [-0.15, -0.1) is 23.1 Å². The van der Waals surface area contributed by atoms with E-state index in [2.05, 4.69) is 47.0 Å². The fourth-order valence-electron chi connectivity index (χ4n) is 1.28. The summed E-state index contributed by atoms with van der Waals surface area (Å²) in [6, 6.07) is 6.45. The molecule has 0 amide bonds. The first-order valence-corrected chi connectivity index (χ1v) is 6.86. The molecule has 1 nitrogen and oxygen atoms in total. The Hall–Kier alpha value is 0.0600. The van der Waals surface area contributed by atoms with Crippen LogP contribution in [-0.4, -0.2) is 6.26 Å². The minimum absolute atomic E-state index is 0.935. The molecule has 0 spiro atoms. The highest BCUT2D eigenvalue weighted by atomic mass is 127. The largest absolute Gasteiger partial charge is 0.390 e. The molecule has 0 aliphatic heterocycles. The van der Waals surface area contributed by atoms with Crippen LogP contribution in [0.3, 0.4) is 0 Å². The normalized spacial score (nSPS) is 10.9. The Labute approximate surface area is 98.8 Å². The predicted molar refractivity (Wildman–Crippen MR) is 70.7 cm³/mol. The van der Waals surface area contributed by atoms with Crippen molar-refractivity contribution in [1.29, 1.82) is 0 Å². The quantitative estimate of drug-likeness (QED) is 0.638. The number of thioether (sulfide) groups is 1. The number of benzene rings is 1. The number of hydrogen-bond donors (Lipinski definition) is 1. The molecule has 0 aliphatic rings. The summed E-state index contributed by atoms with van der Waals surface area (Å²) in [6.45, 7) is 0. The lowest BCUT2D eigenvalue weighted by Gasteiger charge is -1.94. The second-order valence-corrected chi connectivity index (χ2v) is 5.79. The van der Waals surface area contributed by atoms with E-state index in [4.69, 9.17) is 5.73 Å². The van der Waals surface area contributed by atoms with Gasteiger partial charge in [0.2, 0.25) is 0 Å². The summed E-state index contributed by atoms with van der Waals surface area (Å²) in [5, 5.41) is 2.22. The molecule has 0 unspecified atom stereocenters. The Balaban J connectivity index is 2.79. The molecule has 0 radical (unpaired) electrons. The van der Waals surface area contributed by atoms with E-state index >= 15 is 0 Å². The fourth-order valence-corrected chi connectivity index (χ4v) is 3.92. The highest BCUT2D eigenvalue weighted by Gasteiger charge is 2.08. The van der Waals surface area contributed by atoms with Crippen LogP contribution < -0.4 is 5.73 Å². The van der Waals surface area contributed by atoms with Gasteiger partial charge in [0.15, 0.2) is 0 Å². The number of nitrogen functional groups attached to an aromatic ring is 1. The summed E-state index contributed by atoms with van der Waals surface area (Å²) < 4.78 is 2.55. The van der Waals surface area contributed by atoms with Crippen LogP contribution in [0.4, 0.5) is 5.00 Å². The lowest BCUT2D eigenvalue weighted by atomic mass is 10.3. The van der Waals surface area contributed by atoms with Gasteiger partial charge in [-0.2, -0.15) is 0 Å². The molecular formula is C9H8INS2. The predicted octanol–water partition coefficient (Wildman–Crippen LogP) is 3.81. The van der Waals surface area contributed by atoms with E-state index in [0.29, 0.717) is 0 Å².